The molecule has 144 valence electrons. The Hall–Kier alpha value is -2.59. The van der Waals surface area contributed by atoms with Crippen LogP contribution in [-0.2, 0) is 0 Å². The zero-order valence-corrected chi connectivity index (χ0v) is 17.3. The van der Waals surface area contributed by atoms with E-state index in [1.807, 2.05) is 36.1 Å². The Bertz CT molecular complexity index is 1060. The van der Waals surface area contributed by atoms with Crippen LogP contribution < -0.4 is 4.90 Å². The number of pyridine rings is 1. The molecular weight excluding hydrogens is 370 g/mol. The fourth-order valence-electron chi connectivity index (χ4n) is 3.86. The molecule has 0 atom stereocenters. The highest BCUT2D eigenvalue weighted by molar-refractivity contribution is 6.31. The van der Waals surface area contributed by atoms with Crippen LogP contribution in [0, 0.1) is 20.8 Å². The summed E-state index contributed by atoms with van der Waals surface area (Å²) < 4.78 is 0. The van der Waals surface area contributed by atoms with E-state index in [1.165, 1.54) is 16.8 Å². The topological polar surface area (TPSA) is 36.4 Å². The van der Waals surface area contributed by atoms with Gasteiger partial charge in [-0.15, -0.1) is 0 Å². The number of halogens is 1. The molecule has 3 aromatic rings. The van der Waals surface area contributed by atoms with Crippen LogP contribution in [0.15, 0.2) is 42.5 Å². The minimum atomic E-state index is 0.0486. The second-order valence-corrected chi connectivity index (χ2v) is 7.89. The van der Waals surface area contributed by atoms with E-state index in [0.29, 0.717) is 23.7 Å². The molecule has 5 heteroatoms. The van der Waals surface area contributed by atoms with Gasteiger partial charge in [-0.2, -0.15) is 0 Å². The minimum absolute atomic E-state index is 0.0486. The maximum atomic E-state index is 13.1. The van der Waals surface area contributed by atoms with E-state index in [0.717, 1.165) is 29.7 Å². The standard InChI is InChI=1S/C23H24ClN3O/c1-15-5-4-6-22(16(15)2)26-9-11-27(12-10-26)23(28)20-14-18-13-19(24)7-8-21(18)25-17(20)3/h4-8,13-14H,9-12H2,1-3H3. The quantitative estimate of drug-likeness (QED) is 0.628. The maximum absolute atomic E-state index is 13.1. The summed E-state index contributed by atoms with van der Waals surface area (Å²) >= 11 is 6.11. The number of amides is 1. The molecule has 1 aromatic heterocycles. The van der Waals surface area contributed by atoms with E-state index < -0.39 is 0 Å². The molecule has 0 aliphatic carbocycles. The van der Waals surface area contributed by atoms with Crippen molar-refractivity contribution in [3.05, 3.63) is 69.9 Å². The smallest absolute Gasteiger partial charge is 0.255 e. The number of rotatable bonds is 2. The van der Waals surface area contributed by atoms with Gasteiger partial charge in [0.05, 0.1) is 16.8 Å². The van der Waals surface area contributed by atoms with Gasteiger partial charge in [-0.05, 0) is 62.2 Å². The third-order valence-electron chi connectivity index (χ3n) is 5.68. The summed E-state index contributed by atoms with van der Waals surface area (Å²) in [6, 6.07) is 13.9. The highest BCUT2D eigenvalue weighted by Gasteiger charge is 2.24. The summed E-state index contributed by atoms with van der Waals surface area (Å²) in [5.41, 5.74) is 6.16. The van der Waals surface area contributed by atoms with E-state index >= 15 is 0 Å². The van der Waals surface area contributed by atoms with Gasteiger partial charge in [0.25, 0.3) is 5.91 Å². The summed E-state index contributed by atoms with van der Waals surface area (Å²) in [7, 11) is 0. The van der Waals surface area contributed by atoms with Gasteiger partial charge in [-0.3, -0.25) is 9.78 Å². The molecular formula is C23H24ClN3O. The summed E-state index contributed by atoms with van der Waals surface area (Å²) in [4.78, 5) is 22.1. The normalized spacial score (nSPS) is 14.6. The Balaban J connectivity index is 1.53. The molecule has 28 heavy (non-hydrogen) atoms. The van der Waals surface area contributed by atoms with Crippen molar-refractivity contribution < 1.29 is 4.79 Å². The fourth-order valence-corrected chi connectivity index (χ4v) is 4.04. The first kappa shape index (κ1) is 18.8. The van der Waals surface area contributed by atoms with Gasteiger partial charge in [-0.25, -0.2) is 0 Å². The highest BCUT2D eigenvalue weighted by Crippen LogP contribution is 2.25. The van der Waals surface area contributed by atoms with E-state index in [9.17, 15) is 4.79 Å². The average molecular weight is 394 g/mol. The number of fused-ring (bicyclic) bond motifs is 1. The number of carbonyl (C=O) groups excluding carboxylic acids is 1. The van der Waals surface area contributed by atoms with Crippen molar-refractivity contribution in [1.29, 1.82) is 0 Å². The van der Waals surface area contributed by atoms with Crippen molar-refractivity contribution in [1.82, 2.24) is 9.88 Å². The lowest BCUT2D eigenvalue weighted by atomic mass is 10.1. The Morgan fingerprint density at radius 3 is 2.50 bits per heavy atom. The van der Waals surface area contributed by atoms with Crippen molar-refractivity contribution in [2.45, 2.75) is 20.8 Å². The summed E-state index contributed by atoms with van der Waals surface area (Å²) in [5, 5.41) is 1.55. The number of carbonyl (C=O) groups is 1. The van der Waals surface area contributed by atoms with Crippen molar-refractivity contribution >= 4 is 34.1 Å². The summed E-state index contributed by atoms with van der Waals surface area (Å²) in [6.07, 6.45) is 0. The number of piperazine rings is 1. The first-order chi connectivity index (χ1) is 13.4. The van der Waals surface area contributed by atoms with E-state index in [-0.39, 0.29) is 5.91 Å². The number of aryl methyl sites for hydroxylation is 2. The van der Waals surface area contributed by atoms with Crippen LogP contribution in [0.3, 0.4) is 0 Å². The van der Waals surface area contributed by atoms with Gasteiger partial charge in [-0.1, -0.05) is 23.7 Å². The minimum Gasteiger partial charge on any atom is -0.368 e. The van der Waals surface area contributed by atoms with Crippen molar-refractivity contribution in [3.8, 4) is 0 Å². The number of hydrogen-bond donors (Lipinski definition) is 0. The van der Waals surface area contributed by atoms with Gasteiger partial charge in [0.2, 0.25) is 0 Å². The van der Waals surface area contributed by atoms with E-state index in [2.05, 4.69) is 41.9 Å². The first-order valence-electron chi connectivity index (χ1n) is 9.61. The van der Waals surface area contributed by atoms with Crippen LogP contribution in [-0.4, -0.2) is 42.0 Å². The van der Waals surface area contributed by atoms with Gasteiger partial charge in [0.1, 0.15) is 0 Å². The monoisotopic (exact) mass is 393 g/mol. The lowest BCUT2D eigenvalue weighted by molar-refractivity contribution is 0.0745. The summed E-state index contributed by atoms with van der Waals surface area (Å²) in [6.45, 7) is 9.29. The predicted molar refractivity (Wildman–Crippen MR) is 116 cm³/mol. The van der Waals surface area contributed by atoms with Gasteiger partial charge < -0.3 is 9.80 Å². The molecule has 1 fully saturated rings. The lowest BCUT2D eigenvalue weighted by Crippen LogP contribution is -2.49. The molecule has 0 saturated carbocycles. The predicted octanol–water partition coefficient (Wildman–Crippen LogP) is 4.78. The van der Waals surface area contributed by atoms with Gasteiger partial charge >= 0.3 is 0 Å². The molecule has 1 aliphatic rings. The molecule has 0 radical (unpaired) electrons. The van der Waals surface area contributed by atoms with Crippen LogP contribution in [0.4, 0.5) is 5.69 Å². The van der Waals surface area contributed by atoms with Crippen molar-refractivity contribution in [2.75, 3.05) is 31.1 Å². The molecule has 0 bridgehead atoms. The Morgan fingerprint density at radius 2 is 1.75 bits per heavy atom. The van der Waals surface area contributed by atoms with Crippen molar-refractivity contribution in [2.24, 2.45) is 0 Å². The molecule has 1 saturated heterocycles. The van der Waals surface area contributed by atoms with Crippen molar-refractivity contribution in [3.63, 3.8) is 0 Å². The fraction of sp³-hybridized carbons (Fsp3) is 0.304. The average Bonchev–Trinajstić information content (AvgIpc) is 2.69. The first-order valence-corrected chi connectivity index (χ1v) is 9.99. The highest BCUT2D eigenvalue weighted by atomic mass is 35.5. The second-order valence-electron chi connectivity index (χ2n) is 7.46. The van der Waals surface area contributed by atoms with Crippen LogP contribution in [0.25, 0.3) is 10.9 Å². The number of hydrogen-bond acceptors (Lipinski definition) is 3. The molecule has 2 aromatic carbocycles. The third-order valence-corrected chi connectivity index (χ3v) is 5.92. The van der Waals surface area contributed by atoms with Gasteiger partial charge in [0.15, 0.2) is 0 Å². The molecule has 0 unspecified atom stereocenters. The SMILES string of the molecule is Cc1cccc(N2CCN(C(=O)c3cc4cc(Cl)ccc4nc3C)CC2)c1C. The van der Waals surface area contributed by atoms with E-state index in [4.69, 9.17) is 11.6 Å². The molecule has 1 aliphatic heterocycles. The molecule has 0 N–H and O–H groups in total. The largest absolute Gasteiger partial charge is 0.368 e. The van der Waals surface area contributed by atoms with Gasteiger partial charge in [0, 0.05) is 42.3 Å². The molecule has 0 spiro atoms. The Kier molecular flexibility index (Phi) is 4.98. The Morgan fingerprint density at radius 1 is 1.00 bits per heavy atom. The van der Waals surface area contributed by atoms with E-state index in [1.54, 1.807) is 0 Å². The lowest BCUT2D eigenvalue weighted by Gasteiger charge is -2.37. The Labute approximate surface area is 170 Å². The molecule has 4 nitrogen and oxygen atoms in total. The zero-order valence-electron chi connectivity index (χ0n) is 16.5. The number of aromatic nitrogens is 1. The second kappa shape index (κ2) is 7.44. The number of benzene rings is 2. The third kappa shape index (κ3) is 3.45. The van der Waals surface area contributed by atoms with Crippen LogP contribution in [0.2, 0.25) is 5.02 Å². The number of anilines is 1. The van der Waals surface area contributed by atoms with Crippen LogP contribution in [0.5, 0.6) is 0 Å². The molecule has 1 amide bonds. The van der Waals surface area contributed by atoms with Crippen LogP contribution >= 0.6 is 11.6 Å². The maximum Gasteiger partial charge on any atom is 0.255 e. The number of nitrogens with zero attached hydrogens (tertiary/aromatic N) is 3. The molecule has 4 rings (SSSR count). The van der Waals surface area contributed by atoms with Crippen LogP contribution in [0.1, 0.15) is 27.2 Å². The molecule has 2 heterocycles. The zero-order chi connectivity index (χ0) is 19.8. The summed E-state index contributed by atoms with van der Waals surface area (Å²) in [5.74, 6) is 0.0486.